The smallest absolute Gasteiger partial charge is 0.168 e. The average Bonchev–Trinajstić information content (AvgIpc) is 2.64. The molecule has 2 aliphatic heterocycles. The molecule has 74 valence electrons. The first-order valence-corrected chi connectivity index (χ1v) is 4.99. The number of amidine groups is 1. The average molecular weight is 273 g/mol. The summed E-state index contributed by atoms with van der Waals surface area (Å²) in [5.41, 5.74) is 1.10. The number of nitrogens with zero attached hydrogens (tertiary/aromatic N) is 2. The van der Waals surface area contributed by atoms with Gasteiger partial charge in [-0.15, -0.1) is 17.0 Å². The molecule has 3 rings (SSSR count). The first kappa shape index (κ1) is 9.86. The van der Waals surface area contributed by atoms with Gasteiger partial charge in [0.05, 0.1) is 12.2 Å². The number of thioether (sulfide) groups is 1. The lowest BCUT2D eigenvalue weighted by atomic mass is 10.3. The van der Waals surface area contributed by atoms with Crippen LogP contribution >= 0.6 is 28.7 Å². The Labute approximate surface area is 96.6 Å². The van der Waals surface area contributed by atoms with E-state index in [-0.39, 0.29) is 17.0 Å². The third kappa shape index (κ3) is 1.31. The molecule has 0 atom stereocenters. The van der Waals surface area contributed by atoms with Gasteiger partial charge < -0.3 is 10.0 Å². The van der Waals surface area contributed by atoms with Crippen molar-refractivity contribution in [2.45, 2.75) is 4.90 Å². The largest absolute Gasteiger partial charge is 0.508 e. The van der Waals surface area contributed by atoms with E-state index >= 15 is 0 Å². The SMILES string of the molecule is Br.Oc1ccc2c(c1)N1CCN=C1S2. The standard InChI is InChI=1S/C9H8N2OS.BrH/c12-6-1-2-8-7(5-6)11-4-3-10-9(11)13-8;/h1-2,5,12H,3-4H2;1H. The summed E-state index contributed by atoms with van der Waals surface area (Å²) in [7, 11) is 0. The highest BCUT2D eigenvalue weighted by Gasteiger charge is 2.29. The maximum Gasteiger partial charge on any atom is 0.168 e. The van der Waals surface area contributed by atoms with Crippen molar-refractivity contribution >= 4 is 39.6 Å². The Morgan fingerprint density at radius 2 is 2.29 bits per heavy atom. The molecule has 0 aromatic heterocycles. The van der Waals surface area contributed by atoms with E-state index in [0.29, 0.717) is 5.75 Å². The minimum atomic E-state index is 0. The van der Waals surface area contributed by atoms with E-state index in [1.165, 1.54) is 4.90 Å². The van der Waals surface area contributed by atoms with Gasteiger partial charge in [-0.2, -0.15) is 0 Å². The van der Waals surface area contributed by atoms with E-state index in [0.717, 1.165) is 23.9 Å². The zero-order valence-electron chi connectivity index (χ0n) is 7.30. The predicted octanol–water partition coefficient (Wildman–Crippen LogP) is 2.25. The Morgan fingerprint density at radius 3 is 3.14 bits per heavy atom. The predicted molar refractivity (Wildman–Crippen MR) is 63.9 cm³/mol. The topological polar surface area (TPSA) is 35.8 Å². The monoisotopic (exact) mass is 272 g/mol. The van der Waals surface area contributed by atoms with Gasteiger partial charge >= 0.3 is 0 Å². The van der Waals surface area contributed by atoms with Crippen molar-refractivity contribution in [1.29, 1.82) is 0 Å². The van der Waals surface area contributed by atoms with Gasteiger partial charge in [0.15, 0.2) is 5.17 Å². The normalized spacial score (nSPS) is 17.1. The highest BCUT2D eigenvalue weighted by atomic mass is 79.9. The van der Waals surface area contributed by atoms with E-state index in [2.05, 4.69) is 9.89 Å². The van der Waals surface area contributed by atoms with Crippen LogP contribution in [0.15, 0.2) is 28.1 Å². The second-order valence-corrected chi connectivity index (χ2v) is 4.08. The number of phenols is 1. The third-order valence-corrected chi connectivity index (χ3v) is 3.33. The Bertz CT molecular complexity index is 408. The number of aliphatic imine (C=N–C) groups is 1. The summed E-state index contributed by atoms with van der Waals surface area (Å²) < 4.78 is 0. The number of benzene rings is 1. The van der Waals surface area contributed by atoms with E-state index in [1.54, 1.807) is 23.9 Å². The Morgan fingerprint density at radius 1 is 1.43 bits per heavy atom. The van der Waals surface area contributed by atoms with Gasteiger partial charge in [0.1, 0.15) is 5.75 Å². The zero-order chi connectivity index (χ0) is 8.84. The minimum Gasteiger partial charge on any atom is -0.508 e. The van der Waals surface area contributed by atoms with Crippen LogP contribution in [0.25, 0.3) is 0 Å². The maximum absolute atomic E-state index is 9.34. The molecule has 0 saturated carbocycles. The quantitative estimate of drug-likeness (QED) is 0.787. The van der Waals surface area contributed by atoms with Crippen LogP contribution in [0.4, 0.5) is 5.69 Å². The van der Waals surface area contributed by atoms with Gasteiger partial charge in [-0.05, 0) is 23.9 Å². The number of hydrogen-bond donors (Lipinski definition) is 1. The van der Waals surface area contributed by atoms with Gasteiger partial charge in [-0.3, -0.25) is 4.99 Å². The molecule has 0 spiro atoms. The van der Waals surface area contributed by atoms with Crippen molar-refractivity contribution in [2.24, 2.45) is 4.99 Å². The molecule has 1 aromatic carbocycles. The van der Waals surface area contributed by atoms with Gasteiger partial charge in [0.25, 0.3) is 0 Å². The highest BCUT2D eigenvalue weighted by Crippen LogP contribution is 2.43. The van der Waals surface area contributed by atoms with Crippen LogP contribution in [-0.2, 0) is 0 Å². The summed E-state index contributed by atoms with van der Waals surface area (Å²) in [6, 6.07) is 5.46. The van der Waals surface area contributed by atoms with Crippen molar-refractivity contribution in [3.8, 4) is 5.75 Å². The summed E-state index contributed by atoms with van der Waals surface area (Å²) in [6.07, 6.45) is 0. The lowest BCUT2D eigenvalue weighted by Crippen LogP contribution is -2.20. The molecule has 0 amide bonds. The molecule has 2 heterocycles. The molecule has 3 nitrogen and oxygen atoms in total. The maximum atomic E-state index is 9.34. The molecule has 0 saturated heterocycles. The molecule has 0 radical (unpaired) electrons. The zero-order valence-corrected chi connectivity index (χ0v) is 9.83. The first-order chi connectivity index (χ1) is 6.34. The number of rotatable bonds is 0. The van der Waals surface area contributed by atoms with E-state index in [1.807, 2.05) is 6.07 Å². The summed E-state index contributed by atoms with van der Waals surface area (Å²) in [6.45, 7) is 1.82. The highest BCUT2D eigenvalue weighted by molar-refractivity contribution is 8.93. The fourth-order valence-corrected chi connectivity index (χ4v) is 2.70. The Balaban J connectivity index is 0.000000750. The Hall–Kier alpha value is -0.680. The summed E-state index contributed by atoms with van der Waals surface area (Å²) in [4.78, 5) is 7.71. The van der Waals surface area contributed by atoms with Crippen LogP contribution in [0.2, 0.25) is 0 Å². The molecule has 5 heteroatoms. The van der Waals surface area contributed by atoms with Crippen molar-refractivity contribution in [1.82, 2.24) is 0 Å². The number of phenolic OH excluding ortho intramolecular Hbond substituents is 1. The lowest BCUT2D eigenvalue weighted by Gasteiger charge is -2.11. The van der Waals surface area contributed by atoms with Crippen molar-refractivity contribution < 1.29 is 5.11 Å². The summed E-state index contributed by atoms with van der Waals surface area (Å²) >= 11 is 1.68. The number of hydrogen-bond acceptors (Lipinski definition) is 4. The van der Waals surface area contributed by atoms with Gasteiger partial charge in [-0.25, -0.2) is 0 Å². The van der Waals surface area contributed by atoms with E-state index < -0.39 is 0 Å². The van der Waals surface area contributed by atoms with Crippen LogP contribution < -0.4 is 4.90 Å². The van der Waals surface area contributed by atoms with Crippen LogP contribution in [0.5, 0.6) is 5.75 Å². The molecule has 14 heavy (non-hydrogen) atoms. The fraction of sp³-hybridized carbons (Fsp3) is 0.222. The molecular weight excluding hydrogens is 264 g/mol. The molecule has 1 N–H and O–H groups in total. The number of halogens is 1. The molecule has 2 aliphatic rings. The third-order valence-electron chi connectivity index (χ3n) is 2.24. The van der Waals surface area contributed by atoms with Crippen LogP contribution in [0, 0.1) is 0 Å². The molecule has 0 fully saturated rings. The molecule has 1 aromatic rings. The number of aromatic hydroxyl groups is 1. The number of anilines is 1. The van der Waals surface area contributed by atoms with Crippen molar-refractivity contribution in [3.05, 3.63) is 18.2 Å². The van der Waals surface area contributed by atoms with Crippen LogP contribution in [-0.4, -0.2) is 23.4 Å². The summed E-state index contributed by atoms with van der Waals surface area (Å²) in [5, 5.41) is 10.4. The van der Waals surface area contributed by atoms with Crippen LogP contribution in [0.1, 0.15) is 0 Å². The second kappa shape index (κ2) is 3.47. The second-order valence-electron chi connectivity index (χ2n) is 3.07. The van der Waals surface area contributed by atoms with E-state index in [4.69, 9.17) is 0 Å². The fourth-order valence-electron chi connectivity index (χ4n) is 1.64. The van der Waals surface area contributed by atoms with E-state index in [9.17, 15) is 5.11 Å². The molecule has 0 unspecified atom stereocenters. The Kier molecular flexibility index (Phi) is 2.45. The van der Waals surface area contributed by atoms with Crippen molar-refractivity contribution in [2.75, 3.05) is 18.0 Å². The molecular formula is C9H9BrN2OS. The summed E-state index contributed by atoms with van der Waals surface area (Å²) in [5.74, 6) is 0.326. The first-order valence-electron chi connectivity index (χ1n) is 4.17. The van der Waals surface area contributed by atoms with Gasteiger partial charge in [0, 0.05) is 17.5 Å². The molecule has 0 aliphatic carbocycles. The molecule has 0 bridgehead atoms. The minimum absolute atomic E-state index is 0. The van der Waals surface area contributed by atoms with Crippen LogP contribution in [0.3, 0.4) is 0 Å². The van der Waals surface area contributed by atoms with Gasteiger partial charge in [0.2, 0.25) is 0 Å². The number of fused-ring (bicyclic) bond motifs is 3. The van der Waals surface area contributed by atoms with Gasteiger partial charge in [-0.1, -0.05) is 0 Å². The van der Waals surface area contributed by atoms with Crippen molar-refractivity contribution in [3.63, 3.8) is 0 Å². The lowest BCUT2D eigenvalue weighted by molar-refractivity contribution is 0.475.